The number of pyridine rings is 1. The third kappa shape index (κ3) is 5.76. The van der Waals surface area contributed by atoms with E-state index in [2.05, 4.69) is 40.1 Å². The zero-order valence-corrected chi connectivity index (χ0v) is 25.0. The van der Waals surface area contributed by atoms with Crippen molar-refractivity contribution in [1.82, 2.24) is 14.4 Å². The van der Waals surface area contributed by atoms with Crippen molar-refractivity contribution >= 4 is 46.1 Å². The molecule has 1 saturated carbocycles. The van der Waals surface area contributed by atoms with Crippen LogP contribution in [0.15, 0.2) is 40.0 Å². The van der Waals surface area contributed by atoms with Crippen molar-refractivity contribution in [2.45, 2.75) is 71.5 Å². The van der Waals surface area contributed by atoms with Crippen molar-refractivity contribution in [2.24, 2.45) is 0 Å². The van der Waals surface area contributed by atoms with Crippen LogP contribution in [0.4, 0.5) is 5.82 Å². The van der Waals surface area contributed by atoms with E-state index in [-0.39, 0.29) is 23.1 Å². The summed E-state index contributed by atoms with van der Waals surface area (Å²) >= 11 is 7.03. The maximum absolute atomic E-state index is 13.7. The summed E-state index contributed by atoms with van der Waals surface area (Å²) < 4.78 is 2.37. The van der Waals surface area contributed by atoms with Crippen LogP contribution in [-0.4, -0.2) is 56.8 Å². The van der Waals surface area contributed by atoms with E-state index in [0.29, 0.717) is 21.3 Å². The Morgan fingerprint density at radius 2 is 1.77 bits per heavy atom. The van der Waals surface area contributed by atoms with Crippen molar-refractivity contribution in [2.75, 3.05) is 31.1 Å². The normalized spacial score (nSPS) is 20.0. The van der Waals surface area contributed by atoms with Gasteiger partial charge in [0.2, 0.25) is 0 Å². The van der Waals surface area contributed by atoms with Crippen LogP contribution in [-0.2, 0) is 17.9 Å². The fourth-order valence-electron chi connectivity index (χ4n) is 6.14. The molecule has 3 fully saturated rings. The Balaban J connectivity index is 1.50. The molecule has 2 saturated heterocycles. The molecule has 7 nitrogen and oxygen atoms in total. The molecule has 0 N–H and O–H groups in total. The molecule has 2 aromatic rings. The summed E-state index contributed by atoms with van der Waals surface area (Å²) in [4.78, 5) is 34.3. The number of benzene rings is 1. The third-order valence-electron chi connectivity index (χ3n) is 8.25. The standard InChI is InChI=1S/C31H37N5O2S2/c1-3-14-35-28(34-17-15-33(16-18-34)21-23-10-6-4-7-11-23)25(22(2)26(20-32)29(35)37)19-27-30(38)36(31(39)40-27)24-12-8-5-9-13-24/h4,6-7,10-11,19,24H,3,5,8-9,12-18,21H2,1-2H3. The number of thiocarbonyl (C=S) groups is 1. The fourth-order valence-corrected chi connectivity index (χ4v) is 7.52. The van der Waals surface area contributed by atoms with Gasteiger partial charge in [0.15, 0.2) is 0 Å². The second-order valence-corrected chi connectivity index (χ2v) is 12.6. The first-order chi connectivity index (χ1) is 19.4. The number of carbonyl (C=O) groups is 1. The molecule has 0 spiro atoms. The van der Waals surface area contributed by atoms with Crippen LogP contribution < -0.4 is 10.5 Å². The van der Waals surface area contributed by atoms with Crippen molar-refractivity contribution in [3.8, 4) is 6.07 Å². The van der Waals surface area contributed by atoms with Crippen LogP contribution in [0.2, 0.25) is 0 Å². The molecule has 40 heavy (non-hydrogen) atoms. The maximum Gasteiger partial charge on any atom is 0.270 e. The highest BCUT2D eigenvalue weighted by Crippen LogP contribution is 2.39. The van der Waals surface area contributed by atoms with Gasteiger partial charge in [-0.05, 0) is 43.4 Å². The Morgan fingerprint density at radius 3 is 2.42 bits per heavy atom. The lowest BCUT2D eigenvalue weighted by atomic mass is 9.94. The Bertz CT molecular complexity index is 1400. The summed E-state index contributed by atoms with van der Waals surface area (Å²) in [7, 11) is 0. The monoisotopic (exact) mass is 575 g/mol. The van der Waals surface area contributed by atoms with Gasteiger partial charge in [-0.2, -0.15) is 5.26 Å². The summed E-state index contributed by atoms with van der Waals surface area (Å²) in [6.45, 7) is 8.50. The number of aromatic nitrogens is 1. The molecular weight excluding hydrogens is 539 g/mol. The summed E-state index contributed by atoms with van der Waals surface area (Å²) in [5, 5.41) is 9.95. The van der Waals surface area contributed by atoms with Gasteiger partial charge in [-0.15, -0.1) is 0 Å². The molecule has 1 aromatic heterocycles. The van der Waals surface area contributed by atoms with E-state index in [1.807, 2.05) is 30.9 Å². The molecule has 3 aliphatic rings. The van der Waals surface area contributed by atoms with Crippen LogP contribution in [0.5, 0.6) is 0 Å². The minimum Gasteiger partial charge on any atom is -0.355 e. The Morgan fingerprint density at radius 1 is 1.07 bits per heavy atom. The topological polar surface area (TPSA) is 72.6 Å². The first-order valence-corrected chi connectivity index (χ1v) is 15.6. The van der Waals surface area contributed by atoms with Gasteiger partial charge in [0.1, 0.15) is 21.8 Å². The Hall–Kier alpha value is -2.93. The highest BCUT2D eigenvalue weighted by Gasteiger charge is 2.38. The van der Waals surface area contributed by atoms with Crippen LogP contribution >= 0.6 is 24.0 Å². The van der Waals surface area contributed by atoms with Gasteiger partial charge in [-0.25, -0.2) is 0 Å². The third-order valence-corrected chi connectivity index (χ3v) is 9.58. The van der Waals surface area contributed by atoms with E-state index < -0.39 is 0 Å². The molecule has 1 aromatic carbocycles. The highest BCUT2D eigenvalue weighted by atomic mass is 32.2. The minimum atomic E-state index is -0.254. The van der Waals surface area contributed by atoms with Gasteiger partial charge < -0.3 is 4.90 Å². The average molecular weight is 576 g/mol. The number of hydrogen-bond donors (Lipinski definition) is 0. The maximum atomic E-state index is 13.7. The van der Waals surface area contributed by atoms with Crippen LogP contribution in [0.25, 0.3) is 6.08 Å². The summed E-state index contributed by atoms with van der Waals surface area (Å²) in [5.41, 5.74) is 2.59. The van der Waals surface area contributed by atoms with E-state index >= 15 is 0 Å². The molecule has 2 aliphatic heterocycles. The van der Waals surface area contributed by atoms with Crippen LogP contribution in [0.1, 0.15) is 67.7 Å². The molecular formula is C31H37N5O2S2. The number of rotatable bonds is 7. The molecule has 0 bridgehead atoms. The van der Waals surface area contributed by atoms with E-state index in [0.717, 1.165) is 76.2 Å². The second-order valence-electron chi connectivity index (χ2n) is 10.9. The molecule has 1 amide bonds. The van der Waals surface area contributed by atoms with Gasteiger partial charge in [-0.3, -0.25) is 24.0 Å². The van der Waals surface area contributed by atoms with Crippen molar-refractivity contribution in [1.29, 1.82) is 5.26 Å². The zero-order valence-electron chi connectivity index (χ0n) is 23.4. The average Bonchev–Trinajstić information content (AvgIpc) is 3.25. The molecule has 5 rings (SSSR count). The highest BCUT2D eigenvalue weighted by molar-refractivity contribution is 8.26. The predicted molar refractivity (Wildman–Crippen MR) is 166 cm³/mol. The van der Waals surface area contributed by atoms with Crippen molar-refractivity contribution in [3.05, 3.63) is 67.8 Å². The molecule has 0 radical (unpaired) electrons. The van der Waals surface area contributed by atoms with E-state index in [1.54, 1.807) is 4.57 Å². The van der Waals surface area contributed by atoms with Gasteiger partial charge in [0.25, 0.3) is 11.5 Å². The van der Waals surface area contributed by atoms with Gasteiger partial charge in [0, 0.05) is 50.9 Å². The Kier molecular flexibility index (Phi) is 9.09. The Labute approximate surface area is 246 Å². The number of anilines is 1. The molecule has 210 valence electrons. The number of thioether (sulfide) groups is 1. The second kappa shape index (κ2) is 12.7. The summed E-state index contributed by atoms with van der Waals surface area (Å²) in [6, 6.07) is 12.8. The largest absolute Gasteiger partial charge is 0.355 e. The first-order valence-electron chi connectivity index (χ1n) is 14.4. The van der Waals surface area contributed by atoms with Crippen molar-refractivity contribution in [3.63, 3.8) is 0 Å². The SMILES string of the molecule is CCCn1c(N2CCN(Cc3ccccc3)CC2)c(C=C2SC(=S)N(C3CCCCC3)C2=O)c(C)c(C#N)c1=O. The van der Waals surface area contributed by atoms with Gasteiger partial charge in [-0.1, -0.05) is 80.5 Å². The van der Waals surface area contributed by atoms with Gasteiger partial charge >= 0.3 is 0 Å². The van der Waals surface area contributed by atoms with E-state index in [1.165, 1.54) is 23.7 Å². The number of nitrogens with zero attached hydrogens (tertiary/aromatic N) is 5. The number of amides is 1. The summed E-state index contributed by atoms with van der Waals surface area (Å²) in [6.07, 6.45) is 8.07. The number of hydrogen-bond acceptors (Lipinski definition) is 7. The number of piperazine rings is 1. The lowest BCUT2D eigenvalue weighted by molar-refractivity contribution is -0.124. The molecule has 1 aliphatic carbocycles. The van der Waals surface area contributed by atoms with Crippen LogP contribution in [0.3, 0.4) is 0 Å². The molecule has 3 heterocycles. The smallest absolute Gasteiger partial charge is 0.270 e. The molecule has 0 atom stereocenters. The van der Waals surface area contributed by atoms with E-state index in [4.69, 9.17) is 12.2 Å². The first kappa shape index (κ1) is 28.6. The number of carbonyl (C=O) groups excluding carboxylic acids is 1. The molecule has 0 unspecified atom stereocenters. The van der Waals surface area contributed by atoms with Gasteiger partial charge in [0.05, 0.1) is 4.91 Å². The fraction of sp³-hybridized carbons (Fsp3) is 0.484. The zero-order chi connectivity index (χ0) is 28.2. The lowest BCUT2D eigenvalue weighted by Crippen LogP contribution is -2.48. The lowest BCUT2D eigenvalue weighted by Gasteiger charge is -2.38. The predicted octanol–water partition coefficient (Wildman–Crippen LogP) is 5.29. The summed E-state index contributed by atoms with van der Waals surface area (Å²) in [5.74, 6) is 0.761. The van der Waals surface area contributed by atoms with Crippen LogP contribution in [0, 0.1) is 18.3 Å². The minimum absolute atomic E-state index is 0.0494. The molecule has 9 heteroatoms. The van der Waals surface area contributed by atoms with Crippen molar-refractivity contribution < 1.29 is 4.79 Å². The number of nitriles is 1. The van der Waals surface area contributed by atoms with E-state index in [9.17, 15) is 14.9 Å². The quantitative estimate of drug-likeness (QED) is 0.328.